The van der Waals surface area contributed by atoms with E-state index in [1.165, 1.54) is 45.2 Å². The zero-order valence-corrected chi connectivity index (χ0v) is 37.2. The van der Waals surface area contributed by atoms with Crippen molar-refractivity contribution in [3.05, 3.63) is 66.5 Å². The summed E-state index contributed by atoms with van der Waals surface area (Å²) >= 11 is 0. The number of nitrogens with one attached hydrogen (secondary N) is 2. The number of aromatic nitrogens is 1. The Hall–Kier alpha value is -5.46. The molecule has 2 aromatic carbocycles. The lowest BCUT2D eigenvalue weighted by Gasteiger charge is -2.45. The number of ether oxygens (including phenoxy) is 2. The van der Waals surface area contributed by atoms with Gasteiger partial charge in [-0.05, 0) is 125 Å². The van der Waals surface area contributed by atoms with Crippen LogP contribution >= 0.6 is 0 Å². The van der Waals surface area contributed by atoms with Crippen molar-refractivity contribution in [2.45, 2.75) is 120 Å². The quantitative estimate of drug-likeness (QED) is 0.150. The van der Waals surface area contributed by atoms with E-state index in [-0.39, 0.29) is 36.0 Å². The first-order valence-electron chi connectivity index (χ1n) is 21.3. The number of hydrogen-bond acceptors (Lipinski definition) is 9. The van der Waals surface area contributed by atoms with Crippen LogP contribution in [-0.2, 0) is 24.4 Å². The Morgan fingerprint density at radius 2 is 1.73 bits per heavy atom. The van der Waals surface area contributed by atoms with Crippen LogP contribution < -0.4 is 19.5 Å². The molecule has 2 aliphatic heterocycles. The number of carbonyl (C=O) groups excluding carboxylic acids is 3. The lowest BCUT2D eigenvalue weighted by atomic mass is 9.85. The predicted molar refractivity (Wildman–Crippen MR) is 227 cm³/mol. The van der Waals surface area contributed by atoms with E-state index in [1.54, 1.807) is 36.4 Å². The van der Waals surface area contributed by atoms with Crippen LogP contribution in [0.2, 0.25) is 0 Å². The summed E-state index contributed by atoms with van der Waals surface area (Å²) in [5, 5.41) is 14.4. The molecule has 2 aliphatic carbocycles. The molecule has 2 saturated carbocycles. The third-order valence-electron chi connectivity index (χ3n) is 13.4. The molecule has 14 nitrogen and oxygen atoms in total. The zero-order valence-electron chi connectivity index (χ0n) is 36.4. The molecule has 7 atom stereocenters. The van der Waals surface area contributed by atoms with Crippen molar-refractivity contribution in [3.63, 3.8) is 0 Å². The topological polar surface area (TPSA) is 185 Å². The molecule has 64 heavy (non-hydrogen) atoms. The number of pyridine rings is 1. The number of carbonyl (C=O) groups is 4. The first-order valence-corrected chi connectivity index (χ1v) is 22.8. The molecular weight excluding hydrogens is 863 g/mol. The molecule has 4 amide bonds. The van der Waals surface area contributed by atoms with Gasteiger partial charge in [0.05, 0.1) is 24.1 Å². The molecule has 0 unspecified atom stereocenters. The van der Waals surface area contributed by atoms with Gasteiger partial charge in [-0.25, -0.2) is 22.6 Å². The Kier molecular flexibility index (Phi) is 12.2. The molecule has 3 aromatic rings. The summed E-state index contributed by atoms with van der Waals surface area (Å²) in [7, 11) is -2.67. The average Bonchev–Trinajstić information content (AvgIpc) is 4.10. The van der Waals surface area contributed by atoms with Crippen molar-refractivity contribution in [2.75, 3.05) is 13.7 Å². The van der Waals surface area contributed by atoms with Crippen LogP contribution in [-0.4, -0.2) is 106 Å². The van der Waals surface area contributed by atoms with Crippen LogP contribution in [0.4, 0.5) is 22.4 Å². The van der Waals surface area contributed by atoms with Crippen LogP contribution in [0.5, 0.6) is 11.6 Å². The van der Waals surface area contributed by atoms with Crippen LogP contribution in [0.25, 0.3) is 22.0 Å². The summed E-state index contributed by atoms with van der Waals surface area (Å²) in [6.07, 6.45) is -3.25. The predicted octanol–water partition coefficient (Wildman–Crippen LogP) is 6.97. The first kappa shape index (κ1) is 46.5. The van der Waals surface area contributed by atoms with E-state index < -0.39 is 98.2 Å². The van der Waals surface area contributed by atoms with Crippen LogP contribution in [0, 0.1) is 23.6 Å². The van der Waals surface area contributed by atoms with Gasteiger partial charge in [-0.15, -0.1) is 0 Å². The van der Waals surface area contributed by atoms with E-state index >= 15 is 4.79 Å². The van der Waals surface area contributed by atoms with Gasteiger partial charge < -0.3 is 24.8 Å². The van der Waals surface area contributed by atoms with Gasteiger partial charge in [0.1, 0.15) is 40.8 Å². The molecule has 19 heteroatoms. The average molecular weight is 916 g/mol. The van der Waals surface area contributed by atoms with Gasteiger partial charge in [0, 0.05) is 23.3 Å². The van der Waals surface area contributed by atoms with Gasteiger partial charge in [-0.3, -0.25) is 24.0 Å². The van der Waals surface area contributed by atoms with Crippen molar-refractivity contribution in [2.24, 2.45) is 17.8 Å². The highest BCUT2D eigenvalue weighted by molar-refractivity contribution is 7.91. The largest absolute Gasteiger partial charge is 0.497 e. The minimum absolute atomic E-state index is 0.0191. The molecule has 3 heterocycles. The maximum Gasteiger partial charge on any atom is 0.411 e. The fraction of sp³-hybridized carbons (Fsp3) is 0.533. The SMILES string of the molecule is COc1ccc2c(O[C@@H]3C[C@H]4C(=O)N[C@]5(C(=O)NS(=O)(=O)C6(C)CC6)C[C@H]5C=CCC[C@H](C)C[C@@H](C)[C@H](N(C(=O)O)C(C)(C)C(F)(F)F)C(=O)N4C3)nc(-c3ccc(F)cc3)cc2c1. The number of hydrogen-bond donors (Lipinski definition) is 3. The number of halogens is 4. The van der Waals surface area contributed by atoms with E-state index in [0.29, 0.717) is 67.3 Å². The summed E-state index contributed by atoms with van der Waals surface area (Å²) in [6, 6.07) is 8.85. The number of methoxy groups -OCH3 is 1. The van der Waals surface area contributed by atoms with Gasteiger partial charge in [-0.1, -0.05) is 26.0 Å². The summed E-state index contributed by atoms with van der Waals surface area (Å²) in [5.41, 5.74) is -3.95. The minimum atomic E-state index is -5.13. The third-order valence-corrected chi connectivity index (χ3v) is 15.6. The summed E-state index contributed by atoms with van der Waals surface area (Å²) < 4.78 is 98.0. The maximum atomic E-state index is 15.2. The molecule has 4 aliphatic rings. The number of amides is 4. The van der Waals surface area contributed by atoms with Gasteiger partial charge in [0.15, 0.2) is 0 Å². The zero-order chi connectivity index (χ0) is 46.7. The second-order valence-electron chi connectivity index (χ2n) is 18.5. The van der Waals surface area contributed by atoms with Crippen molar-refractivity contribution >= 4 is 44.6 Å². The third kappa shape index (κ3) is 8.83. The Labute approximate surface area is 368 Å². The van der Waals surface area contributed by atoms with Gasteiger partial charge in [-0.2, -0.15) is 13.2 Å². The molecule has 0 radical (unpaired) electrons. The fourth-order valence-corrected chi connectivity index (χ4v) is 10.2. The number of benzene rings is 2. The second kappa shape index (κ2) is 16.8. The number of alkyl halides is 3. The van der Waals surface area contributed by atoms with Gasteiger partial charge in [0.25, 0.3) is 5.91 Å². The Morgan fingerprint density at radius 1 is 1.05 bits per heavy atom. The van der Waals surface area contributed by atoms with E-state index in [4.69, 9.17) is 14.5 Å². The van der Waals surface area contributed by atoms with Gasteiger partial charge >= 0.3 is 12.3 Å². The molecule has 1 aromatic heterocycles. The smallest absolute Gasteiger partial charge is 0.411 e. The Morgan fingerprint density at radius 3 is 2.36 bits per heavy atom. The summed E-state index contributed by atoms with van der Waals surface area (Å²) in [5.74, 6) is -4.79. The van der Waals surface area contributed by atoms with Crippen molar-refractivity contribution in [1.29, 1.82) is 0 Å². The number of nitrogens with zero attached hydrogens (tertiary/aromatic N) is 3. The first-order chi connectivity index (χ1) is 29.9. The molecule has 0 bridgehead atoms. The fourth-order valence-electron chi connectivity index (χ4n) is 8.93. The highest BCUT2D eigenvalue weighted by Crippen LogP contribution is 2.48. The molecule has 0 spiro atoms. The van der Waals surface area contributed by atoms with E-state index in [1.807, 2.05) is 6.92 Å². The number of fused-ring (bicyclic) bond motifs is 3. The van der Waals surface area contributed by atoms with E-state index in [9.17, 15) is 45.5 Å². The number of carboxylic acid groups (broad SMARTS) is 1. The minimum Gasteiger partial charge on any atom is -0.497 e. The normalized spacial score (nSPS) is 27.3. The van der Waals surface area contributed by atoms with Crippen LogP contribution in [0.15, 0.2) is 60.7 Å². The lowest BCUT2D eigenvalue weighted by Crippen LogP contribution is -2.66. The van der Waals surface area contributed by atoms with Crippen molar-refractivity contribution in [1.82, 2.24) is 24.8 Å². The molecule has 3 fully saturated rings. The van der Waals surface area contributed by atoms with E-state index in [2.05, 4.69) is 10.0 Å². The molecule has 346 valence electrons. The highest BCUT2D eigenvalue weighted by atomic mass is 32.2. The number of sulfonamides is 1. The highest BCUT2D eigenvalue weighted by Gasteiger charge is 2.64. The second-order valence-corrected chi connectivity index (χ2v) is 20.7. The summed E-state index contributed by atoms with van der Waals surface area (Å²) in [4.78, 5) is 62.9. The molecule has 3 N–H and O–H groups in total. The summed E-state index contributed by atoms with van der Waals surface area (Å²) in [6.45, 7) is 5.78. The van der Waals surface area contributed by atoms with Crippen molar-refractivity contribution < 1.29 is 59.7 Å². The molecular formula is C45H53F4N5O9S. The monoisotopic (exact) mass is 915 g/mol. The van der Waals surface area contributed by atoms with Gasteiger partial charge in [0.2, 0.25) is 27.7 Å². The Balaban J connectivity index is 1.32. The van der Waals surface area contributed by atoms with Crippen LogP contribution in [0.3, 0.4) is 0 Å². The molecule has 7 rings (SSSR count). The van der Waals surface area contributed by atoms with E-state index in [0.717, 1.165) is 4.90 Å². The van der Waals surface area contributed by atoms with Crippen molar-refractivity contribution in [3.8, 4) is 22.9 Å². The lowest BCUT2D eigenvalue weighted by molar-refractivity contribution is -0.222. The molecule has 1 saturated heterocycles. The number of allylic oxidation sites excluding steroid dienone is 1. The van der Waals surface area contributed by atoms with Crippen LogP contribution in [0.1, 0.15) is 79.6 Å². The number of rotatable bonds is 9. The Bertz CT molecular complexity index is 2480. The maximum absolute atomic E-state index is 15.2. The standard InChI is InChI=1S/C45H53F4N5O9S/c1-25-9-7-8-10-29-23-44(29,40(57)52-64(60,61)43(5)17-18-43)51-37(55)35-22-32(24-53(35)39(56)36(26(2)19-25)54(41(58)59)42(3,4)45(47,48)49)63-38-33-16-15-31(62-6)20-28(33)21-34(50-38)27-11-13-30(46)14-12-27/h8,10-16,20-21,25-26,29,32,35-36H,7,9,17-19,22-24H2,1-6H3,(H,51,55)(H,52,57)(H,58,59)/t25-,26+,29+,32+,35-,36-,44+/m0/s1.